The summed E-state index contributed by atoms with van der Waals surface area (Å²) in [5.74, 6) is 0.174. The molecule has 0 bridgehead atoms. The number of amides is 1. The van der Waals surface area contributed by atoms with Crippen LogP contribution < -0.4 is 11.1 Å². The van der Waals surface area contributed by atoms with E-state index < -0.39 is 0 Å². The average molecular weight is 196 g/mol. The van der Waals surface area contributed by atoms with Gasteiger partial charge < -0.3 is 11.1 Å². The third-order valence-corrected chi connectivity index (χ3v) is 1.94. The highest BCUT2D eigenvalue weighted by Gasteiger charge is 2.10. The molecule has 1 aromatic rings. The van der Waals surface area contributed by atoms with Crippen LogP contribution in [0, 0.1) is 0 Å². The number of anilines is 1. The van der Waals surface area contributed by atoms with Crippen LogP contribution in [0.1, 0.15) is 37.2 Å². The minimum atomic E-state index is -0.157. The van der Waals surface area contributed by atoms with E-state index in [1.165, 1.54) is 6.07 Å². The second-order valence-corrected chi connectivity index (χ2v) is 3.37. The molecule has 1 atom stereocenters. The van der Waals surface area contributed by atoms with E-state index in [-0.39, 0.29) is 11.9 Å². The summed E-state index contributed by atoms with van der Waals surface area (Å²) < 4.78 is 0. The van der Waals surface area contributed by atoms with Gasteiger partial charge in [-0.3, -0.25) is 9.89 Å². The van der Waals surface area contributed by atoms with Gasteiger partial charge in [-0.15, -0.1) is 0 Å². The predicted octanol–water partition coefficient (Wildman–Crippen LogP) is 0.910. The Kier molecular flexibility index (Phi) is 3.50. The molecular weight excluding hydrogens is 180 g/mol. The lowest BCUT2D eigenvalue weighted by Crippen LogP contribution is -2.32. The Morgan fingerprint density at radius 2 is 2.50 bits per heavy atom. The van der Waals surface area contributed by atoms with Gasteiger partial charge in [0.05, 0.1) is 0 Å². The summed E-state index contributed by atoms with van der Waals surface area (Å²) in [5, 5.41) is 9.09. The van der Waals surface area contributed by atoms with Crippen LogP contribution in [0.25, 0.3) is 0 Å². The first-order valence-corrected chi connectivity index (χ1v) is 4.75. The summed E-state index contributed by atoms with van der Waals surface area (Å²) in [6.45, 7) is 4.05. The molecule has 1 heterocycles. The van der Waals surface area contributed by atoms with Gasteiger partial charge in [0.15, 0.2) is 0 Å². The molecule has 0 saturated heterocycles. The van der Waals surface area contributed by atoms with Gasteiger partial charge in [-0.25, -0.2) is 0 Å². The maximum absolute atomic E-state index is 11.5. The molecule has 5 heteroatoms. The van der Waals surface area contributed by atoms with Gasteiger partial charge in [-0.2, -0.15) is 5.10 Å². The zero-order valence-electron chi connectivity index (χ0n) is 8.50. The number of H-pyrrole nitrogens is 1. The van der Waals surface area contributed by atoms with Gasteiger partial charge >= 0.3 is 0 Å². The number of nitrogens with one attached hydrogen (secondary N) is 2. The van der Waals surface area contributed by atoms with Crippen molar-refractivity contribution in [2.75, 3.05) is 5.73 Å². The van der Waals surface area contributed by atoms with Crippen LogP contribution in [-0.2, 0) is 0 Å². The zero-order valence-corrected chi connectivity index (χ0v) is 8.50. The van der Waals surface area contributed by atoms with Crippen molar-refractivity contribution < 1.29 is 4.79 Å². The van der Waals surface area contributed by atoms with E-state index in [9.17, 15) is 4.79 Å². The molecule has 1 rings (SSSR count). The van der Waals surface area contributed by atoms with Crippen molar-refractivity contribution in [3.8, 4) is 0 Å². The zero-order chi connectivity index (χ0) is 10.6. The molecule has 1 unspecified atom stereocenters. The Balaban J connectivity index is 2.50. The molecule has 78 valence electrons. The number of carbonyl (C=O) groups excluding carboxylic acids is 1. The molecule has 4 N–H and O–H groups in total. The highest BCUT2D eigenvalue weighted by Crippen LogP contribution is 2.02. The lowest BCUT2D eigenvalue weighted by atomic mass is 10.2. The summed E-state index contributed by atoms with van der Waals surface area (Å²) in [7, 11) is 0. The van der Waals surface area contributed by atoms with Crippen LogP contribution in [0.2, 0.25) is 0 Å². The average Bonchev–Trinajstić information content (AvgIpc) is 2.52. The number of nitrogens with zero attached hydrogens (tertiary/aromatic N) is 1. The lowest BCUT2D eigenvalue weighted by molar-refractivity contribution is 0.0933. The van der Waals surface area contributed by atoms with E-state index in [1.54, 1.807) is 0 Å². The fourth-order valence-corrected chi connectivity index (χ4v) is 1.26. The molecule has 0 radical (unpaired) electrons. The molecular formula is C9H16N4O. The first-order chi connectivity index (χ1) is 6.63. The number of rotatable bonds is 4. The number of nitrogen functional groups attached to an aromatic ring is 1. The highest BCUT2D eigenvalue weighted by molar-refractivity contribution is 5.93. The molecule has 0 fully saturated rings. The van der Waals surface area contributed by atoms with Crippen LogP contribution in [0.3, 0.4) is 0 Å². The van der Waals surface area contributed by atoms with Gasteiger partial charge in [-0.1, -0.05) is 13.3 Å². The van der Waals surface area contributed by atoms with Crippen molar-refractivity contribution in [1.29, 1.82) is 0 Å². The molecule has 0 saturated carbocycles. The summed E-state index contributed by atoms with van der Waals surface area (Å²) in [6, 6.07) is 1.70. The maximum Gasteiger partial charge on any atom is 0.269 e. The summed E-state index contributed by atoms with van der Waals surface area (Å²) in [5.41, 5.74) is 5.79. The van der Waals surface area contributed by atoms with Gasteiger partial charge in [-0.05, 0) is 13.3 Å². The van der Waals surface area contributed by atoms with Gasteiger partial charge in [0.25, 0.3) is 5.91 Å². The Hall–Kier alpha value is -1.52. The number of hydrogen-bond acceptors (Lipinski definition) is 3. The first kappa shape index (κ1) is 10.6. The van der Waals surface area contributed by atoms with Crippen molar-refractivity contribution in [3.05, 3.63) is 11.8 Å². The van der Waals surface area contributed by atoms with Gasteiger partial charge in [0.2, 0.25) is 0 Å². The van der Waals surface area contributed by atoms with E-state index in [0.29, 0.717) is 11.5 Å². The predicted molar refractivity (Wildman–Crippen MR) is 54.8 cm³/mol. The summed E-state index contributed by atoms with van der Waals surface area (Å²) in [4.78, 5) is 11.5. The van der Waals surface area contributed by atoms with E-state index in [2.05, 4.69) is 22.4 Å². The molecule has 5 nitrogen and oxygen atoms in total. The van der Waals surface area contributed by atoms with Crippen LogP contribution in [0.4, 0.5) is 5.82 Å². The molecule has 0 aliphatic heterocycles. The Morgan fingerprint density at radius 3 is 3.00 bits per heavy atom. The second kappa shape index (κ2) is 4.64. The number of hydrogen-bond donors (Lipinski definition) is 3. The highest BCUT2D eigenvalue weighted by atomic mass is 16.2. The normalized spacial score (nSPS) is 12.4. The fraction of sp³-hybridized carbons (Fsp3) is 0.556. The molecule has 1 aromatic heterocycles. The van der Waals surface area contributed by atoms with Gasteiger partial charge in [0, 0.05) is 12.1 Å². The third-order valence-electron chi connectivity index (χ3n) is 1.94. The number of aromatic amines is 1. The Morgan fingerprint density at radius 1 is 1.79 bits per heavy atom. The van der Waals surface area contributed by atoms with E-state index >= 15 is 0 Å². The third kappa shape index (κ3) is 2.76. The van der Waals surface area contributed by atoms with Crippen molar-refractivity contribution >= 4 is 11.7 Å². The van der Waals surface area contributed by atoms with Crippen LogP contribution >= 0.6 is 0 Å². The molecule has 0 aliphatic carbocycles. The molecule has 14 heavy (non-hydrogen) atoms. The second-order valence-electron chi connectivity index (χ2n) is 3.37. The smallest absolute Gasteiger partial charge is 0.269 e. The largest absolute Gasteiger partial charge is 0.382 e. The Bertz CT molecular complexity index is 308. The summed E-state index contributed by atoms with van der Waals surface area (Å²) in [6.07, 6.45) is 2.02. The number of nitrogens with two attached hydrogens (primary N) is 1. The monoisotopic (exact) mass is 196 g/mol. The quantitative estimate of drug-likeness (QED) is 0.669. The minimum Gasteiger partial charge on any atom is -0.382 e. The molecule has 1 amide bonds. The van der Waals surface area contributed by atoms with Crippen molar-refractivity contribution in [2.24, 2.45) is 0 Å². The van der Waals surface area contributed by atoms with Crippen LogP contribution in [0.5, 0.6) is 0 Å². The molecule has 0 aliphatic rings. The topological polar surface area (TPSA) is 83.8 Å². The van der Waals surface area contributed by atoms with E-state index in [0.717, 1.165) is 12.8 Å². The molecule has 0 spiro atoms. The number of carbonyl (C=O) groups is 1. The standard InChI is InChI=1S/C9H16N4O/c1-3-4-6(2)11-9(14)7-5-8(10)13-12-7/h5-6H,3-4H2,1-2H3,(H,11,14)(H3,10,12,13). The molecule has 0 aromatic carbocycles. The van der Waals surface area contributed by atoms with Crippen molar-refractivity contribution in [3.63, 3.8) is 0 Å². The fourth-order valence-electron chi connectivity index (χ4n) is 1.26. The van der Waals surface area contributed by atoms with Crippen LogP contribution in [0.15, 0.2) is 6.07 Å². The van der Waals surface area contributed by atoms with Gasteiger partial charge in [0.1, 0.15) is 11.5 Å². The Labute approximate surface area is 83.1 Å². The van der Waals surface area contributed by atoms with E-state index in [1.807, 2.05) is 6.92 Å². The van der Waals surface area contributed by atoms with Crippen LogP contribution in [-0.4, -0.2) is 22.1 Å². The number of aromatic nitrogens is 2. The van der Waals surface area contributed by atoms with Crippen molar-refractivity contribution in [1.82, 2.24) is 15.5 Å². The summed E-state index contributed by atoms with van der Waals surface area (Å²) >= 11 is 0. The van der Waals surface area contributed by atoms with Crippen molar-refractivity contribution in [2.45, 2.75) is 32.7 Å². The first-order valence-electron chi connectivity index (χ1n) is 4.75. The lowest BCUT2D eigenvalue weighted by Gasteiger charge is -2.11. The van der Waals surface area contributed by atoms with E-state index in [4.69, 9.17) is 5.73 Å². The maximum atomic E-state index is 11.5. The minimum absolute atomic E-state index is 0.157. The SMILES string of the molecule is CCCC(C)NC(=O)c1cc(N)n[nH]1.